The van der Waals surface area contributed by atoms with E-state index in [2.05, 4.69) is 65.8 Å². The number of hydrogen-bond acceptors (Lipinski definition) is 2. The molecule has 0 saturated carbocycles. The minimum Gasteiger partial charge on any atom is -0.416 e. The fourth-order valence-electron chi connectivity index (χ4n) is 3.89. The number of hydrogen-bond donors (Lipinski definition) is 1. The smallest absolute Gasteiger partial charge is 0.200 e. The molecule has 0 saturated heterocycles. The molecule has 0 spiro atoms. The first-order chi connectivity index (χ1) is 10.3. The van der Waals surface area contributed by atoms with Gasteiger partial charge in [0.2, 0.25) is 0 Å². The lowest BCUT2D eigenvalue weighted by Crippen LogP contribution is -2.48. The SMILES string of the molecule is CC(C)[Si](OCC(CO)Cc1ccccc1)(C(C)C)C(C)C. The van der Waals surface area contributed by atoms with Crippen LogP contribution in [0, 0.1) is 5.92 Å². The molecule has 0 bridgehead atoms. The summed E-state index contributed by atoms with van der Waals surface area (Å²) in [7, 11) is -1.83. The molecule has 3 heteroatoms. The molecule has 0 aliphatic heterocycles. The summed E-state index contributed by atoms with van der Waals surface area (Å²) in [6.07, 6.45) is 0.885. The summed E-state index contributed by atoms with van der Waals surface area (Å²) < 4.78 is 6.62. The molecule has 0 aliphatic rings. The molecule has 0 aliphatic carbocycles. The Labute approximate surface area is 138 Å². The lowest BCUT2D eigenvalue weighted by atomic mass is 10.0. The number of rotatable bonds is 9. The molecule has 0 fully saturated rings. The van der Waals surface area contributed by atoms with Crippen molar-refractivity contribution in [2.45, 2.75) is 64.6 Å². The summed E-state index contributed by atoms with van der Waals surface area (Å²) in [5.41, 5.74) is 3.03. The zero-order valence-corrected chi connectivity index (χ0v) is 16.2. The highest BCUT2D eigenvalue weighted by Crippen LogP contribution is 2.42. The van der Waals surface area contributed by atoms with Crippen LogP contribution in [-0.4, -0.2) is 26.6 Å². The van der Waals surface area contributed by atoms with Crippen LogP contribution < -0.4 is 0 Å². The maximum absolute atomic E-state index is 9.74. The second-order valence-corrected chi connectivity index (χ2v) is 12.8. The molecular formula is C19H34O2Si. The zero-order valence-electron chi connectivity index (χ0n) is 15.2. The Hall–Kier alpha value is -0.643. The molecule has 0 aromatic heterocycles. The summed E-state index contributed by atoms with van der Waals surface area (Å²) in [6.45, 7) is 14.7. The van der Waals surface area contributed by atoms with E-state index in [0.717, 1.165) is 6.42 Å². The van der Waals surface area contributed by atoms with Gasteiger partial charge in [-0.05, 0) is 28.6 Å². The molecule has 0 amide bonds. The first-order valence-corrected chi connectivity index (χ1v) is 10.8. The molecule has 1 aromatic rings. The van der Waals surface area contributed by atoms with E-state index in [1.54, 1.807) is 0 Å². The van der Waals surface area contributed by atoms with Crippen LogP contribution in [0.3, 0.4) is 0 Å². The highest BCUT2D eigenvalue weighted by atomic mass is 28.4. The Kier molecular flexibility index (Phi) is 7.81. The van der Waals surface area contributed by atoms with E-state index in [0.29, 0.717) is 23.2 Å². The molecule has 1 atom stereocenters. The molecule has 1 unspecified atom stereocenters. The lowest BCUT2D eigenvalue weighted by Gasteiger charge is -2.43. The fourth-order valence-corrected chi connectivity index (χ4v) is 9.41. The lowest BCUT2D eigenvalue weighted by molar-refractivity contribution is 0.150. The molecule has 2 nitrogen and oxygen atoms in total. The maximum Gasteiger partial charge on any atom is 0.200 e. The Morgan fingerprint density at radius 3 is 1.82 bits per heavy atom. The number of benzene rings is 1. The largest absolute Gasteiger partial charge is 0.416 e. The van der Waals surface area contributed by atoms with E-state index >= 15 is 0 Å². The first kappa shape index (κ1) is 19.4. The molecule has 0 radical (unpaired) electrons. The number of aliphatic hydroxyl groups excluding tert-OH is 1. The molecule has 126 valence electrons. The van der Waals surface area contributed by atoms with Crippen molar-refractivity contribution in [3.05, 3.63) is 35.9 Å². The van der Waals surface area contributed by atoms with Crippen molar-refractivity contribution >= 4 is 8.32 Å². The van der Waals surface area contributed by atoms with Crippen LogP contribution in [0.4, 0.5) is 0 Å². The van der Waals surface area contributed by atoms with Crippen molar-refractivity contribution in [3.8, 4) is 0 Å². The normalized spacial score (nSPS) is 14.1. The maximum atomic E-state index is 9.74. The van der Waals surface area contributed by atoms with Crippen LogP contribution in [0.2, 0.25) is 16.6 Å². The van der Waals surface area contributed by atoms with Crippen LogP contribution in [0.5, 0.6) is 0 Å². The quantitative estimate of drug-likeness (QED) is 0.646. The van der Waals surface area contributed by atoms with Gasteiger partial charge < -0.3 is 9.53 Å². The van der Waals surface area contributed by atoms with E-state index in [4.69, 9.17) is 4.43 Å². The van der Waals surface area contributed by atoms with Gasteiger partial charge >= 0.3 is 0 Å². The molecule has 1 N–H and O–H groups in total. The van der Waals surface area contributed by atoms with E-state index < -0.39 is 8.32 Å². The third kappa shape index (κ3) is 4.67. The average Bonchev–Trinajstić information content (AvgIpc) is 2.46. The third-order valence-corrected chi connectivity index (χ3v) is 11.0. The third-order valence-electron chi connectivity index (χ3n) is 4.90. The van der Waals surface area contributed by atoms with Gasteiger partial charge in [-0.2, -0.15) is 0 Å². The standard InChI is InChI=1S/C19H34O2Si/c1-15(2)22(16(3)4,17(5)6)21-14-19(13-20)12-18-10-8-7-9-11-18/h7-11,15-17,19-20H,12-14H2,1-6H3. The second-order valence-electron chi connectivity index (χ2n) is 7.37. The fraction of sp³-hybridized carbons (Fsp3) is 0.684. The Balaban J connectivity index is 2.77. The van der Waals surface area contributed by atoms with E-state index in [1.807, 2.05) is 6.07 Å². The van der Waals surface area contributed by atoms with Crippen molar-refractivity contribution in [2.24, 2.45) is 5.92 Å². The van der Waals surface area contributed by atoms with Crippen molar-refractivity contribution < 1.29 is 9.53 Å². The highest BCUT2D eigenvalue weighted by molar-refractivity contribution is 6.77. The molecule has 22 heavy (non-hydrogen) atoms. The summed E-state index contributed by atoms with van der Waals surface area (Å²) >= 11 is 0. The van der Waals surface area contributed by atoms with Gasteiger partial charge in [-0.15, -0.1) is 0 Å². The predicted octanol–water partition coefficient (Wildman–Crippen LogP) is 5.03. The zero-order chi connectivity index (χ0) is 16.8. The van der Waals surface area contributed by atoms with Gasteiger partial charge in [-0.1, -0.05) is 71.9 Å². The summed E-state index contributed by atoms with van der Waals surface area (Å²) in [6, 6.07) is 10.4. The van der Waals surface area contributed by atoms with Crippen molar-refractivity contribution in [1.82, 2.24) is 0 Å². The van der Waals surface area contributed by atoms with Crippen molar-refractivity contribution in [3.63, 3.8) is 0 Å². The van der Waals surface area contributed by atoms with Crippen LogP contribution >= 0.6 is 0 Å². The van der Waals surface area contributed by atoms with Gasteiger partial charge in [-0.3, -0.25) is 0 Å². The average molecular weight is 323 g/mol. The van der Waals surface area contributed by atoms with Gasteiger partial charge in [0, 0.05) is 19.1 Å². The van der Waals surface area contributed by atoms with Crippen LogP contribution in [0.15, 0.2) is 30.3 Å². The minimum absolute atomic E-state index is 0.186. The Bertz CT molecular complexity index is 393. The van der Waals surface area contributed by atoms with Crippen molar-refractivity contribution in [2.75, 3.05) is 13.2 Å². The predicted molar refractivity (Wildman–Crippen MR) is 97.7 cm³/mol. The van der Waals surface area contributed by atoms with Crippen molar-refractivity contribution in [1.29, 1.82) is 0 Å². The first-order valence-electron chi connectivity index (χ1n) is 8.63. The molecule has 1 aromatic carbocycles. The van der Waals surface area contributed by atoms with Gasteiger partial charge in [0.05, 0.1) is 0 Å². The number of aliphatic hydroxyl groups is 1. The topological polar surface area (TPSA) is 29.5 Å². The Morgan fingerprint density at radius 1 is 0.909 bits per heavy atom. The second kappa shape index (κ2) is 8.85. The van der Waals surface area contributed by atoms with Gasteiger partial charge in [0.15, 0.2) is 8.32 Å². The van der Waals surface area contributed by atoms with Gasteiger partial charge in [0.25, 0.3) is 0 Å². The van der Waals surface area contributed by atoms with E-state index in [9.17, 15) is 5.11 Å². The van der Waals surface area contributed by atoms with Crippen LogP contribution in [0.1, 0.15) is 47.1 Å². The van der Waals surface area contributed by atoms with E-state index in [1.165, 1.54) is 5.56 Å². The summed E-state index contributed by atoms with van der Waals surface area (Å²) in [5.74, 6) is 0.186. The van der Waals surface area contributed by atoms with Gasteiger partial charge in [0.1, 0.15) is 0 Å². The molecular weight excluding hydrogens is 288 g/mol. The summed E-state index contributed by atoms with van der Waals surface area (Å²) in [5, 5.41) is 9.74. The van der Waals surface area contributed by atoms with Crippen LogP contribution in [0.25, 0.3) is 0 Å². The monoisotopic (exact) mass is 322 g/mol. The van der Waals surface area contributed by atoms with Crippen LogP contribution in [-0.2, 0) is 10.8 Å². The molecule has 1 rings (SSSR count). The highest BCUT2D eigenvalue weighted by Gasteiger charge is 2.45. The Morgan fingerprint density at radius 2 is 1.41 bits per heavy atom. The molecule has 0 heterocycles. The minimum atomic E-state index is -1.83. The van der Waals surface area contributed by atoms with E-state index in [-0.39, 0.29) is 12.5 Å². The summed E-state index contributed by atoms with van der Waals surface area (Å²) in [4.78, 5) is 0. The van der Waals surface area contributed by atoms with Gasteiger partial charge in [-0.25, -0.2) is 0 Å².